The van der Waals surface area contributed by atoms with Crippen LogP contribution in [-0.2, 0) is 4.79 Å². The average Bonchev–Trinajstić information content (AvgIpc) is 3.24. The summed E-state index contributed by atoms with van der Waals surface area (Å²) in [6, 6.07) is 11.2. The molecule has 4 rings (SSSR count). The largest absolute Gasteiger partial charge is 0.497 e. The van der Waals surface area contributed by atoms with Crippen LogP contribution in [0.1, 0.15) is 38.1 Å². The van der Waals surface area contributed by atoms with Crippen LogP contribution in [0.4, 0.5) is 5.82 Å². The number of anilines is 1. The van der Waals surface area contributed by atoms with Crippen LogP contribution in [0.5, 0.6) is 5.75 Å². The highest BCUT2D eigenvalue weighted by atomic mass is 32.1. The minimum atomic E-state index is -0.515. The number of nitrogens with zero attached hydrogens (tertiary/aromatic N) is 2. The maximum atomic E-state index is 13.1. The number of ether oxygens (including phenoxy) is 1. The van der Waals surface area contributed by atoms with Crippen LogP contribution < -0.4 is 10.1 Å². The zero-order chi connectivity index (χ0) is 19.1. The first kappa shape index (κ1) is 17.5. The van der Waals surface area contributed by atoms with E-state index in [0.717, 1.165) is 27.6 Å². The number of hydrogen-bond acceptors (Lipinski definition) is 5. The lowest BCUT2D eigenvalue weighted by Crippen LogP contribution is -2.28. The lowest BCUT2D eigenvalue weighted by atomic mass is 9.87. The molecule has 0 saturated heterocycles. The highest BCUT2D eigenvalue weighted by Crippen LogP contribution is 2.39. The summed E-state index contributed by atoms with van der Waals surface area (Å²) in [5.41, 5.74) is 2.33. The van der Waals surface area contributed by atoms with Gasteiger partial charge in [-0.15, -0.1) is 11.3 Å². The van der Waals surface area contributed by atoms with Gasteiger partial charge < -0.3 is 10.1 Å². The molecule has 3 aromatic rings. The van der Waals surface area contributed by atoms with E-state index in [1.807, 2.05) is 50.2 Å². The first-order valence-corrected chi connectivity index (χ1v) is 9.44. The molecule has 1 atom stereocenters. The number of nitrogens with one attached hydrogen (secondary N) is 1. The molecule has 6 nitrogen and oxygen atoms in total. The Bertz CT molecular complexity index is 1030. The second kappa shape index (κ2) is 6.66. The Kier molecular flexibility index (Phi) is 4.31. The van der Waals surface area contributed by atoms with Crippen LogP contribution in [0.25, 0.3) is 5.69 Å². The number of methoxy groups -OCH3 is 1. The van der Waals surface area contributed by atoms with Crippen LogP contribution in [-0.4, -0.2) is 28.6 Å². The van der Waals surface area contributed by atoms with Crippen molar-refractivity contribution in [3.05, 3.63) is 57.4 Å². The number of hydrogen-bond donors (Lipinski definition) is 1. The fraction of sp³-hybridized carbons (Fsp3) is 0.250. The molecule has 1 aromatic carbocycles. The Balaban J connectivity index is 1.79. The van der Waals surface area contributed by atoms with Crippen molar-refractivity contribution in [2.45, 2.75) is 26.2 Å². The number of fused-ring (bicyclic) bond motifs is 1. The predicted molar refractivity (Wildman–Crippen MR) is 104 cm³/mol. The maximum Gasteiger partial charge on any atom is 0.226 e. The van der Waals surface area contributed by atoms with E-state index in [9.17, 15) is 9.59 Å². The number of rotatable bonds is 4. The molecule has 138 valence electrons. The number of carbonyl (C=O) groups is 2. The minimum Gasteiger partial charge on any atom is -0.497 e. The highest BCUT2D eigenvalue weighted by molar-refractivity contribution is 7.14. The molecular formula is C20H19N3O3S. The van der Waals surface area contributed by atoms with Gasteiger partial charge in [0.2, 0.25) is 5.91 Å². The van der Waals surface area contributed by atoms with Gasteiger partial charge in [0.1, 0.15) is 11.6 Å². The van der Waals surface area contributed by atoms with Crippen LogP contribution in [0.2, 0.25) is 0 Å². The molecule has 0 fully saturated rings. The number of Topliss-reactive ketones (excluding diaryl/α,β-unsaturated/α-hetero) is 1. The second-order valence-corrected chi connectivity index (χ2v) is 7.82. The molecule has 0 spiro atoms. The van der Waals surface area contributed by atoms with Crippen molar-refractivity contribution in [2.75, 3.05) is 12.4 Å². The average molecular weight is 381 g/mol. The lowest BCUT2D eigenvalue weighted by Gasteiger charge is -2.22. The summed E-state index contributed by atoms with van der Waals surface area (Å²) in [6.45, 7) is 3.84. The minimum absolute atomic E-state index is 0.0263. The molecule has 1 amide bonds. The van der Waals surface area contributed by atoms with Crippen LogP contribution in [0.15, 0.2) is 36.4 Å². The van der Waals surface area contributed by atoms with Crippen molar-refractivity contribution in [3.63, 3.8) is 0 Å². The summed E-state index contributed by atoms with van der Waals surface area (Å²) in [6.07, 6.45) is 0.137. The Morgan fingerprint density at radius 2 is 1.96 bits per heavy atom. The molecule has 0 radical (unpaired) electrons. The zero-order valence-electron chi connectivity index (χ0n) is 15.3. The molecule has 0 bridgehead atoms. The van der Waals surface area contributed by atoms with E-state index in [1.165, 1.54) is 11.3 Å². The summed E-state index contributed by atoms with van der Waals surface area (Å²) in [4.78, 5) is 27.2. The normalized spacial score (nSPS) is 16.0. The third-order valence-corrected chi connectivity index (χ3v) is 5.73. The van der Waals surface area contributed by atoms with E-state index in [2.05, 4.69) is 10.4 Å². The van der Waals surface area contributed by atoms with Gasteiger partial charge in [0.05, 0.1) is 29.3 Å². The highest BCUT2D eigenvalue weighted by Gasteiger charge is 2.36. The van der Waals surface area contributed by atoms with E-state index >= 15 is 0 Å². The zero-order valence-corrected chi connectivity index (χ0v) is 16.1. The van der Waals surface area contributed by atoms with E-state index in [4.69, 9.17) is 4.74 Å². The van der Waals surface area contributed by atoms with Crippen LogP contribution in [0.3, 0.4) is 0 Å². The SMILES string of the molecule is COc1ccc(-n2nc(C)c3c2NC(=O)CC3C(=O)c2ccc(C)s2)cc1. The van der Waals surface area contributed by atoms with Crippen molar-refractivity contribution in [3.8, 4) is 11.4 Å². The van der Waals surface area contributed by atoms with Gasteiger partial charge in [-0.2, -0.15) is 5.10 Å². The number of carbonyl (C=O) groups excluding carboxylic acids is 2. The third kappa shape index (κ3) is 3.04. The monoisotopic (exact) mass is 381 g/mol. The first-order chi connectivity index (χ1) is 13.0. The molecule has 1 aliphatic heterocycles. The van der Waals surface area contributed by atoms with E-state index < -0.39 is 5.92 Å². The first-order valence-electron chi connectivity index (χ1n) is 8.62. The summed E-state index contributed by atoms with van der Waals surface area (Å²) in [5.74, 6) is 0.589. The lowest BCUT2D eigenvalue weighted by molar-refractivity contribution is -0.116. The molecule has 1 aliphatic rings. The molecule has 7 heteroatoms. The van der Waals surface area contributed by atoms with Gasteiger partial charge in [0.15, 0.2) is 5.78 Å². The van der Waals surface area contributed by atoms with Gasteiger partial charge in [-0.3, -0.25) is 9.59 Å². The van der Waals surface area contributed by atoms with Gasteiger partial charge in [-0.25, -0.2) is 4.68 Å². The van der Waals surface area contributed by atoms with Crippen molar-refractivity contribution < 1.29 is 14.3 Å². The van der Waals surface area contributed by atoms with Crippen LogP contribution in [0, 0.1) is 13.8 Å². The number of aryl methyl sites for hydroxylation is 2. The quantitative estimate of drug-likeness (QED) is 0.697. The summed E-state index contributed by atoms with van der Waals surface area (Å²) >= 11 is 1.46. The number of benzene rings is 1. The number of thiophene rings is 1. The molecule has 3 heterocycles. The van der Waals surface area contributed by atoms with Crippen LogP contribution >= 0.6 is 11.3 Å². The molecule has 1 N–H and O–H groups in total. The summed E-state index contributed by atoms with van der Waals surface area (Å²) < 4.78 is 6.88. The number of ketones is 1. The Labute approximate surface area is 160 Å². The standard InChI is InChI=1S/C20H19N3O3S/c1-11-4-9-16(27-11)19(25)15-10-17(24)21-20-18(15)12(2)22-23(20)13-5-7-14(26-3)8-6-13/h4-9,15H,10H2,1-3H3,(H,21,24). The number of aromatic nitrogens is 2. The molecule has 0 aliphatic carbocycles. The van der Waals surface area contributed by atoms with E-state index in [-0.39, 0.29) is 18.1 Å². The fourth-order valence-electron chi connectivity index (χ4n) is 3.42. The van der Waals surface area contributed by atoms with Crippen molar-refractivity contribution >= 4 is 28.8 Å². The topological polar surface area (TPSA) is 73.2 Å². The van der Waals surface area contributed by atoms with Crippen molar-refractivity contribution in [1.82, 2.24) is 9.78 Å². The fourth-order valence-corrected chi connectivity index (χ4v) is 4.28. The number of amides is 1. The van der Waals surface area contributed by atoms with Gasteiger partial charge in [-0.1, -0.05) is 0 Å². The van der Waals surface area contributed by atoms with E-state index in [0.29, 0.717) is 10.7 Å². The second-order valence-electron chi connectivity index (χ2n) is 6.54. The predicted octanol–water partition coefficient (Wildman–Crippen LogP) is 3.87. The molecule has 27 heavy (non-hydrogen) atoms. The molecule has 1 unspecified atom stereocenters. The smallest absolute Gasteiger partial charge is 0.226 e. The van der Waals surface area contributed by atoms with E-state index in [1.54, 1.807) is 11.8 Å². The molecular weight excluding hydrogens is 362 g/mol. The maximum absolute atomic E-state index is 13.1. The third-order valence-electron chi connectivity index (χ3n) is 4.72. The van der Waals surface area contributed by atoms with Crippen molar-refractivity contribution in [1.29, 1.82) is 0 Å². The van der Waals surface area contributed by atoms with Crippen molar-refractivity contribution in [2.24, 2.45) is 0 Å². The summed E-state index contributed by atoms with van der Waals surface area (Å²) in [7, 11) is 1.61. The van der Waals surface area contributed by atoms with Gasteiger partial charge in [0, 0.05) is 16.9 Å². The Hall–Kier alpha value is -2.93. The van der Waals surface area contributed by atoms with Gasteiger partial charge >= 0.3 is 0 Å². The Morgan fingerprint density at radius 3 is 2.59 bits per heavy atom. The van der Waals surface area contributed by atoms with Gasteiger partial charge in [0.25, 0.3) is 0 Å². The molecule has 2 aromatic heterocycles. The van der Waals surface area contributed by atoms with Gasteiger partial charge in [-0.05, 0) is 50.2 Å². The molecule has 0 saturated carbocycles. The summed E-state index contributed by atoms with van der Waals surface area (Å²) in [5, 5.41) is 7.50. The Morgan fingerprint density at radius 1 is 1.22 bits per heavy atom.